The van der Waals surface area contributed by atoms with Gasteiger partial charge in [-0.3, -0.25) is 4.79 Å². The molecule has 0 spiro atoms. The molecule has 11 nitrogen and oxygen atoms in total. The molecule has 0 fully saturated rings. The Morgan fingerprint density at radius 2 is 1.77 bits per heavy atom. The minimum Gasteiger partial charge on any atom is -0.493 e. The molecule has 0 saturated heterocycles. The summed E-state index contributed by atoms with van der Waals surface area (Å²) >= 11 is 6.24. The average molecular weight is 441 g/mol. The zero-order chi connectivity index (χ0) is 22.6. The van der Waals surface area contributed by atoms with Gasteiger partial charge in [0.2, 0.25) is 0 Å². The van der Waals surface area contributed by atoms with E-state index >= 15 is 0 Å². The fourth-order valence-electron chi connectivity index (χ4n) is 2.65. The minimum atomic E-state index is -1.69. The molecule has 30 heavy (non-hydrogen) atoms. The van der Waals surface area contributed by atoms with E-state index < -0.39 is 52.6 Å². The first-order valence-corrected chi connectivity index (χ1v) is 8.68. The molecule has 0 amide bonds. The number of benzene rings is 1. The van der Waals surface area contributed by atoms with Gasteiger partial charge in [0, 0.05) is 17.2 Å². The van der Waals surface area contributed by atoms with E-state index in [0.29, 0.717) is 0 Å². The number of hydrogen-bond acceptors (Lipinski definition) is 8. The number of halogens is 1. The molecule has 0 aliphatic heterocycles. The Labute approximate surface area is 173 Å². The number of aromatic nitrogens is 1. The van der Waals surface area contributed by atoms with E-state index in [2.05, 4.69) is 0 Å². The van der Waals surface area contributed by atoms with Gasteiger partial charge in [-0.25, -0.2) is 14.4 Å². The normalized spacial score (nSPS) is 10.4. The van der Waals surface area contributed by atoms with Gasteiger partial charge in [-0.2, -0.15) is 0 Å². The van der Waals surface area contributed by atoms with Crippen LogP contribution >= 0.6 is 11.6 Å². The van der Waals surface area contributed by atoms with E-state index in [-0.39, 0.29) is 28.7 Å². The van der Waals surface area contributed by atoms with Crippen LogP contribution in [0, 0.1) is 0 Å². The fourth-order valence-corrected chi connectivity index (χ4v) is 2.90. The number of carboxylic acids is 2. The summed E-state index contributed by atoms with van der Waals surface area (Å²) in [5.74, 6) is -4.48. The first-order chi connectivity index (χ1) is 14.1. The van der Waals surface area contributed by atoms with E-state index in [4.69, 9.17) is 31.5 Å². The second-order valence-corrected chi connectivity index (χ2v) is 6.09. The number of aromatic amines is 1. The van der Waals surface area contributed by atoms with Crippen molar-refractivity contribution in [1.82, 2.24) is 4.98 Å². The molecule has 2 aromatic rings. The number of methoxy groups -OCH3 is 1. The van der Waals surface area contributed by atoms with Crippen molar-refractivity contribution in [1.29, 1.82) is 0 Å². The molecule has 1 aromatic heterocycles. The molecule has 5 N–H and O–H groups in total. The van der Waals surface area contributed by atoms with Crippen LogP contribution in [0.3, 0.4) is 0 Å². The Kier molecular flexibility index (Phi) is 6.90. The molecule has 0 aliphatic carbocycles. The summed E-state index contributed by atoms with van der Waals surface area (Å²) in [4.78, 5) is 49.1. The molecule has 0 saturated carbocycles. The summed E-state index contributed by atoms with van der Waals surface area (Å²) in [6, 6.07) is 2.36. The summed E-state index contributed by atoms with van der Waals surface area (Å²) < 4.78 is 15.2. The number of nitrogens with one attached hydrogen (secondary N) is 1. The number of anilines is 1. The quantitative estimate of drug-likeness (QED) is 0.440. The van der Waals surface area contributed by atoms with Crippen molar-refractivity contribution < 1.29 is 38.8 Å². The number of rotatable bonds is 8. The van der Waals surface area contributed by atoms with Crippen LogP contribution in [0.15, 0.2) is 16.9 Å². The number of carbonyl (C=O) groups is 3. The van der Waals surface area contributed by atoms with Crippen molar-refractivity contribution in [2.24, 2.45) is 0 Å². The number of carboxylic acid groups (broad SMARTS) is 2. The van der Waals surface area contributed by atoms with E-state index in [0.717, 1.165) is 0 Å². The predicted molar refractivity (Wildman–Crippen MR) is 105 cm³/mol. The Balaban J connectivity index is 2.73. The number of aromatic carboxylic acids is 2. The van der Waals surface area contributed by atoms with Crippen LogP contribution in [-0.4, -0.2) is 53.4 Å². The number of ether oxygens (including phenoxy) is 3. The molecule has 160 valence electrons. The first kappa shape index (κ1) is 22.6. The SMILES string of the molecule is CCOC(=O)COc1cc(Cl)c(-c2c(C(=O)O)c(N)[nH]c(=O)c2C(=O)O)cc1OC. The van der Waals surface area contributed by atoms with Gasteiger partial charge < -0.3 is 35.1 Å². The molecule has 0 unspecified atom stereocenters. The molecule has 1 heterocycles. The Morgan fingerprint density at radius 1 is 1.13 bits per heavy atom. The number of H-pyrrole nitrogens is 1. The summed E-state index contributed by atoms with van der Waals surface area (Å²) in [6.07, 6.45) is 0. The first-order valence-electron chi connectivity index (χ1n) is 8.30. The second-order valence-electron chi connectivity index (χ2n) is 5.68. The molecular formula is C18H17ClN2O9. The van der Waals surface area contributed by atoms with E-state index in [1.165, 1.54) is 19.2 Å². The monoisotopic (exact) mass is 440 g/mol. The van der Waals surface area contributed by atoms with Crippen molar-refractivity contribution in [3.05, 3.63) is 38.6 Å². The van der Waals surface area contributed by atoms with Gasteiger partial charge in [-0.1, -0.05) is 11.6 Å². The number of nitrogens with two attached hydrogens (primary N) is 1. The van der Waals surface area contributed by atoms with Crippen LogP contribution in [0.2, 0.25) is 5.02 Å². The van der Waals surface area contributed by atoms with Crippen molar-refractivity contribution >= 4 is 35.3 Å². The molecule has 12 heteroatoms. The average Bonchev–Trinajstić information content (AvgIpc) is 2.65. The highest BCUT2D eigenvalue weighted by molar-refractivity contribution is 6.34. The predicted octanol–water partition coefficient (Wildman–Crippen LogP) is 1.62. The highest BCUT2D eigenvalue weighted by Gasteiger charge is 2.29. The maximum atomic E-state index is 12.2. The van der Waals surface area contributed by atoms with Crippen LogP contribution in [0.1, 0.15) is 27.6 Å². The zero-order valence-electron chi connectivity index (χ0n) is 15.8. The van der Waals surface area contributed by atoms with E-state index in [9.17, 15) is 29.4 Å². The number of hydrogen-bond donors (Lipinski definition) is 4. The maximum absolute atomic E-state index is 12.2. The van der Waals surface area contributed by atoms with Crippen LogP contribution in [-0.2, 0) is 9.53 Å². The van der Waals surface area contributed by atoms with Crippen LogP contribution < -0.4 is 20.8 Å². The summed E-state index contributed by atoms with van der Waals surface area (Å²) in [6.45, 7) is 1.31. The standard InChI is InChI=1S/C18H17ClN2O9/c1-3-29-11(22)6-30-10-5-8(19)7(4-9(10)28-2)12-13(17(24)25)15(20)21-16(23)14(12)18(26)27/h4-5H,3,6H2,1-2H3,(H,24,25)(H,26,27)(H3,20,21,23). The number of pyridine rings is 1. The third-order valence-electron chi connectivity index (χ3n) is 3.85. The van der Waals surface area contributed by atoms with E-state index in [1.807, 2.05) is 4.98 Å². The van der Waals surface area contributed by atoms with Crippen LogP contribution in [0.5, 0.6) is 11.5 Å². The molecule has 1 aromatic carbocycles. The van der Waals surface area contributed by atoms with Gasteiger partial charge in [0.05, 0.1) is 18.7 Å². The van der Waals surface area contributed by atoms with E-state index in [1.54, 1.807) is 6.92 Å². The van der Waals surface area contributed by atoms with Gasteiger partial charge in [0.15, 0.2) is 18.1 Å². The van der Waals surface area contributed by atoms with Crippen molar-refractivity contribution in [2.75, 3.05) is 26.1 Å². The largest absolute Gasteiger partial charge is 0.493 e. The summed E-state index contributed by atoms with van der Waals surface area (Å²) in [5.41, 5.74) is 2.32. The number of nitrogen functional groups attached to an aromatic ring is 1. The fraction of sp³-hybridized carbons (Fsp3) is 0.222. The molecular weight excluding hydrogens is 424 g/mol. The lowest BCUT2D eigenvalue weighted by molar-refractivity contribution is -0.145. The van der Waals surface area contributed by atoms with Gasteiger partial charge in [0.25, 0.3) is 5.56 Å². The van der Waals surface area contributed by atoms with Gasteiger partial charge >= 0.3 is 17.9 Å². The highest BCUT2D eigenvalue weighted by Crippen LogP contribution is 2.41. The van der Waals surface area contributed by atoms with Crippen LogP contribution in [0.4, 0.5) is 5.82 Å². The second kappa shape index (κ2) is 9.18. The maximum Gasteiger partial charge on any atom is 0.344 e. The topological polar surface area (TPSA) is 178 Å². The molecule has 0 radical (unpaired) electrons. The molecule has 0 aliphatic rings. The summed E-state index contributed by atoms with van der Waals surface area (Å²) in [7, 11) is 1.26. The van der Waals surface area contributed by atoms with Gasteiger partial charge in [-0.05, 0) is 13.0 Å². The third-order valence-corrected chi connectivity index (χ3v) is 4.16. The Hall–Kier alpha value is -3.73. The molecule has 2 rings (SSSR count). The number of carbonyl (C=O) groups excluding carboxylic acids is 1. The lowest BCUT2D eigenvalue weighted by Gasteiger charge is -2.16. The lowest BCUT2D eigenvalue weighted by Crippen LogP contribution is -2.24. The number of esters is 1. The smallest absolute Gasteiger partial charge is 0.344 e. The van der Waals surface area contributed by atoms with Crippen molar-refractivity contribution in [3.63, 3.8) is 0 Å². The van der Waals surface area contributed by atoms with Crippen molar-refractivity contribution in [2.45, 2.75) is 6.92 Å². The van der Waals surface area contributed by atoms with Gasteiger partial charge in [-0.15, -0.1) is 0 Å². The summed E-state index contributed by atoms with van der Waals surface area (Å²) in [5, 5.41) is 18.8. The van der Waals surface area contributed by atoms with Crippen molar-refractivity contribution in [3.8, 4) is 22.6 Å². The molecule has 0 atom stereocenters. The Bertz CT molecular complexity index is 1080. The van der Waals surface area contributed by atoms with Crippen LogP contribution in [0.25, 0.3) is 11.1 Å². The zero-order valence-corrected chi connectivity index (χ0v) is 16.5. The minimum absolute atomic E-state index is 0.00543. The Morgan fingerprint density at radius 3 is 2.30 bits per heavy atom. The molecule has 0 bridgehead atoms. The third kappa shape index (κ3) is 4.46. The lowest BCUT2D eigenvalue weighted by atomic mass is 9.95. The van der Waals surface area contributed by atoms with Gasteiger partial charge in [0.1, 0.15) is 16.9 Å². The highest BCUT2D eigenvalue weighted by atomic mass is 35.5.